The summed E-state index contributed by atoms with van der Waals surface area (Å²) in [5.74, 6) is 0.922. The SMILES string of the molecule is CCCSc1nc(NCC)c2nnn([C@@H]3C[C@H](OCCO)[C@H]4OC(C)(C)O[C@H]43)c2n1. The molecule has 4 atom stereocenters. The molecule has 2 fully saturated rings. The predicted molar refractivity (Wildman–Crippen MR) is 113 cm³/mol. The monoisotopic (exact) mass is 438 g/mol. The fourth-order valence-electron chi connectivity index (χ4n) is 4.10. The van der Waals surface area contributed by atoms with Crippen LogP contribution < -0.4 is 5.32 Å². The second kappa shape index (κ2) is 8.91. The van der Waals surface area contributed by atoms with Crippen molar-refractivity contribution in [2.24, 2.45) is 0 Å². The number of ether oxygens (including phenoxy) is 3. The number of aliphatic hydroxyl groups excluding tert-OH is 1. The summed E-state index contributed by atoms with van der Waals surface area (Å²) in [7, 11) is 0. The fraction of sp³-hybridized carbons (Fsp3) is 0.789. The highest BCUT2D eigenvalue weighted by Gasteiger charge is 2.56. The quantitative estimate of drug-likeness (QED) is 0.445. The van der Waals surface area contributed by atoms with Crippen molar-refractivity contribution in [3.8, 4) is 0 Å². The zero-order valence-electron chi connectivity index (χ0n) is 17.9. The second-order valence-electron chi connectivity index (χ2n) is 7.94. The first-order valence-corrected chi connectivity index (χ1v) is 11.5. The molecular weight excluding hydrogens is 408 g/mol. The Morgan fingerprint density at radius 2 is 2.07 bits per heavy atom. The van der Waals surface area contributed by atoms with E-state index in [0.717, 1.165) is 18.7 Å². The Labute approximate surface area is 180 Å². The molecule has 2 aromatic rings. The molecule has 1 aliphatic heterocycles. The number of hydrogen-bond acceptors (Lipinski definition) is 10. The third-order valence-electron chi connectivity index (χ3n) is 5.20. The van der Waals surface area contributed by atoms with Gasteiger partial charge in [0.05, 0.1) is 25.4 Å². The van der Waals surface area contributed by atoms with E-state index in [1.807, 2.05) is 25.5 Å². The first-order valence-electron chi connectivity index (χ1n) is 10.5. The summed E-state index contributed by atoms with van der Waals surface area (Å²) in [6.07, 6.45) is 1.01. The van der Waals surface area contributed by atoms with Crippen LogP contribution in [0.5, 0.6) is 0 Å². The first-order chi connectivity index (χ1) is 14.5. The van der Waals surface area contributed by atoms with Gasteiger partial charge >= 0.3 is 0 Å². The van der Waals surface area contributed by atoms with E-state index in [9.17, 15) is 5.11 Å². The lowest BCUT2D eigenvalue weighted by atomic mass is 10.2. The zero-order chi connectivity index (χ0) is 21.3. The summed E-state index contributed by atoms with van der Waals surface area (Å²) in [5.41, 5.74) is 1.33. The molecule has 2 aliphatic rings. The summed E-state index contributed by atoms with van der Waals surface area (Å²) < 4.78 is 20.1. The highest BCUT2D eigenvalue weighted by Crippen LogP contribution is 2.45. The Morgan fingerprint density at radius 1 is 1.27 bits per heavy atom. The van der Waals surface area contributed by atoms with Gasteiger partial charge in [-0.3, -0.25) is 0 Å². The summed E-state index contributed by atoms with van der Waals surface area (Å²) in [4.78, 5) is 9.40. The summed E-state index contributed by atoms with van der Waals surface area (Å²) in [6.45, 7) is 8.90. The topological polar surface area (TPSA) is 116 Å². The number of nitrogens with zero attached hydrogens (tertiary/aromatic N) is 5. The van der Waals surface area contributed by atoms with Crippen molar-refractivity contribution in [3.05, 3.63) is 0 Å². The molecule has 0 aromatic carbocycles. The van der Waals surface area contributed by atoms with Crippen molar-refractivity contribution in [2.75, 3.05) is 30.8 Å². The van der Waals surface area contributed by atoms with Gasteiger partial charge in [-0.25, -0.2) is 14.6 Å². The van der Waals surface area contributed by atoms with Crippen LogP contribution in [0.2, 0.25) is 0 Å². The number of nitrogens with one attached hydrogen (secondary N) is 1. The van der Waals surface area contributed by atoms with Crippen LogP contribution in [0.4, 0.5) is 5.82 Å². The highest BCUT2D eigenvalue weighted by molar-refractivity contribution is 7.99. The van der Waals surface area contributed by atoms with E-state index >= 15 is 0 Å². The van der Waals surface area contributed by atoms with Gasteiger partial charge in [0, 0.05) is 18.7 Å². The second-order valence-corrected chi connectivity index (χ2v) is 9.00. The third kappa shape index (κ3) is 4.13. The van der Waals surface area contributed by atoms with Gasteiger partial charge in [-0.15, -0.1) is 5.10 Å². The van der Waals surface area contributed by atoms with E-state index < -0.39 is 5.79 Å². The first kappa shape index (κ1) is 21.7. The van der Waals surface area contributed by atoms with Gasteiger partial charge in [-0.1, -0.05) is 23.9 Å². The zero-order valence-corrected chi connectivity index (χ0v) is 18.7. The van der Waals surface area contributed by atoms with E-state index in [1.54, 1.807) is 11.8 Å². The van der Waals surface area contributed by atoms with Crippen LogP contribution in [0.25, 0.3) is 11.2 Å². The maximum atomic E-state index is 9.19. The smallest absolute Gasteiger partial charge is 0.191 e. The van der Waals surface area contributed by atoms with Crippen LogP contribution in [0, 0.1) is 0 Å². The Morgan fingerprint density at radius 3 is 2.80 bits per heavy atom. The average molecular weight is 439 g/mol. The molecule has 0 spiro atoms. The number of rotatable bonds is 9. The maximum Gasteiger partial charge on any atom is 0.191 e. The van der Waals surface area contributed by atoms with E-state index in [1.165, 1.54) is 0 Å². The Bertz CT molecular complexity index is 878. The molecule has 0 amide bonds. The third-order valence-corrected chi connectivity index (χ3v) is 6.26. The largest absolute Gasteiger partial charge is 0.394 e. The maximum absolute atomic E-state index is 9.19. The lowest BCUT2D eigenvalue weighted by Gasteiger charge is -2.23. The standard InChI is InChI=1S/C19H30N6O4S/c1-5-9-30-18-21-16(20-6-2)13-17(22-18)25(24-23-13)11-10-12(27-8-7-26)15-14(11)28-19(3,4)29-15/h11-12,14-15,26H,5-10H2,1-4H3,(H,20,21,22)/t11-,12+,14+,15-/m1/s1. The van der Waals surface area contributed by atoms with Crippen LogP contribution in [-0.4, -0.2) is 79.7 Å². The molecule has 2 aromatic heterocycles. The molecule has 0 unspecified atom stereocenters. The summed E-state index contributed by atoms with van der Waals surface area (Å²) in [6, 6.07) is -0.140. The number of aliphatic hydroxyl groups is 1. The number of thioether (sulfide) groups is 1. The molecule has 4 rings (SSSR count). The molecule has 10 nitrogen and oxygen atoms in total. The molecule has 11 heteroatoms. The van der Waals surface area contributed by atoms with Crippen molar-refractivity contribution in [2.45, 2.75) is 75.8 Å². The number of hydrogen-bond donors (Lipinski definition) is 2. The van der Waals surface area contributed by atoms with Gasteiger partial charge in [0.15, 0.2) is 27.9 Å². The van der Waals surface area contributed by atoms with E-state index in [0.29, 0.717) is 28.6 Å². The van der Waals surface area contributed by atoms with Crippen LogP contribution in [-0.2, 0) is 14.2 Å². The molecule has 0 bridgehead atoms. The molecule has 0 radical (unpaired) electrons. The fourth-order valence-corrected chi connectivity index (χ4v) is 4.79. The van der Waals surface area contributed by atoms with Crippen molar-refractivity contribution in [1.82, 2.24) is 25.0 Å². The van der Waals surface area contributed by atoms with Crippen LogP contribution in [0.1, 0.15) is 46.6 Å². The minimum Gasteiger partial charge on any atom is -0.394 e. The minimum absolute atomic E-state index is 0.0354. The van der Waals surface area contributed by atoms with Gasteiger partial charge in [-0.05, 0) is 27.2 Å². The van der Waals surface area contributed by atoms with Crippen LogP contribution in [0.3, 0.4) is 0 Å². The van der Waals surface area contributed by atoms with Crippen molar-refractivity contribution in [3.63, 3.8) is 0 Å². The molecular formula is C19H30N6O4S. The molecule has 2 N–H and O–H groups in total. The van der Waals surface area contributed by atoms with E-state index in [4.69, 9.17) is 19.2 Å². The Kier molecular flexibility index (Phi) is 6.44. The molecule has 3 heterocycles. The summed E-state index contributed by atoms with van der Waals surface area (Å²) in [5, 5.41) is 22.0. The van der Waals surface area contributed by atoms with Gasteiger partial charge in [-0.2, -0.15) is 0 Å². The lowest BCUT2D eigenvalue weighted by molar-refractivity contribution is -0.171. The molecule has 1 saturated heterocycles. The molecule has 1 saturated carbocycles. The van der Waals surface area contributed by atoms with E-state index in [-0.39, 0.29) is 37.6 Å². The van der Waals surface area contributed by atoms with Gasteiger partial charge in [0.1, 0.15) is 12.2 Å². The van der Waals surface area contributed by atoms with Crippen molar-refractivity contribution >= 4 is 28.7 Å². The number of aromatic nitrogens is 5. The van der Waals surface area contributed by atoms with Crippen molar-refractivity contribution < 1.29 is 19.3 Å². The highest BCUT2D eigenvalue weighted by atomic mass is 32.2. The number of fused-ring (bicyclic) bond motifs is 2. The van der Waals surface area contributed by atoms with Gasteiger partial charge in [0.25, 0.3) is 0 Å². The summed E-state index contributed by atoms with van der Waals surface area (Å²) >= 11 is 1.62. The number of anilines is 1. The van der Waals surface area contributed by atoms with E-state index in [2.05, 4.69) is 27.5 Å². The normalized spacial score (nSPS) is 27.6. The Balaban J connectivity index is 1.71. The van der Waals surface area contributed by atoms with Crippen LogP contribution >= 0.6 is 11.8 Å². The van der Waals surface area contributed by atoms with Gasteiger partial charge in [0.2, 0.25) is 0 Å². The lowest BCUT2D eigenvalue weighted by Crippen LogP contribution is -2.31. The van der Waals surface area contributed by atoms with Gasteiger partial charge < -0.3 is 24.6 Å². The predicted octanol–water partition coefficient (Wildman–Crippen LogP) is 2.00. The molecule has 30 heavy (non-hydrogen) atoms. The average Bonchev–Trinajstić information content (AvgIpc) is 3.36. The molecule has 166 valence electrons. The Hall–Kier alpha value is -1.53. The molecule has 1 aliphatic carbocycles. The minimum atomic E-state index is -0.711. The van der Waals surface area contributed by atoms with Crippen molar-refractivity contribution in [1.29, 1.82) is 0 Å². The van der Waals surface area contributed by atoms with Crippen LogP contribution in [0.15, 0.2) is 5.16 Å².